The normalized spacial score (nSPS) is 10.9. The molecule has 1 aromatic heterocycles. The molecular formula is C18H14N4O8. The number of hydrogen-bond acceptors (Lipinski definition) is 9. The van der Waals surface area contributed by atoms with Crippen LogP contribution >= 0.6 is 0 Å². The number of nitrogens with zero attached hydrogens (tertiary/aromatic N) is 3. The maximum atomic E-state index is 12.2. The van der Waals surface area contributed by atoms with Gasteiger partial charge >= 0.3 is 11.6 Å². The number of carbonyl (C=O) groups excluding carboxylic acids is 1. The van der Waals surface area contributed by atoms with Crippen LogP contribution in [-0.2, 0) is 0 Å². The fraction of sp³-hybridized carbons (Fsp3) is 0.111. The number of methoxy groups -OCH3 is 2. The van der Waals surface area contributed by atoms with Crippen LogP contribution in [0, 0.1) is 20.2 Å². The molecule has 0 radical (unpaired) electrons. The van der Waals surface area contributed by atoms with Crippen molar-refractivity contribution in [1.29, 1.82) is 0 Å². The third kappa shape index (κ3) is 4.01. The molecule has 0 fully saturated rings. The zero-order chi connectivity index (χ0) is 21.8. The van der Waals surface area contributed by atoms with Crippen molar-refractivity contribution in [3.63, 3.8) is 0 Å². The van der Waals surface area contributed by atoms with Crippen molar-refractivity contribution in [2.24, 2.45) is 5.10 Å². The Labute approximate surface area is 168 Å². The average Bonchev–Trinajstić information content (AvgIpc) is 3.16. The summed E-state index contributed by atoms with van der Waals surface area (Å²) in [6, 6.07) is 7.77. The Hall–Kier alpha value is -4.48. The van der Waals surface area contributed by atoms with Gasteiger partial charge in [0.05, 0.1) is 30.3 Å². The van der Waals surface area contributed by atoms with Crippen molar-refractivity contribution in [1.82, 2.24) is 5.43 Å². The highest BCUT2D eigenvalue weighted by atomic mass is 16.6. The minimum absolute atomic E-state index is 0.00871. The molecule has 3 aromatic rings. The number of nitrogens with one attached hydrogen (secondary N) is 1. The van der Waals surface area contributed by atoms with Crippen LogP contribution in [0.1, 0.15) is 16.1 Å². The third-order valence-electron chi connectivity index (χ3n) is 4.03. The van der Waals surface area contributed by atoms with E-state index in [-0.39, 0.29) is 34.2 Å². The standard InChI is InChI=1S/C18H14N4O8/c1-28-15-8-16(29-2)13(22(26)27)6-11(15)9-19-20-18(23)17-7-10-5-12(21(24)25)3-4-14(10)30-17/h3-9H,1-2H3,(H,20,23)/b19-9+. The van der Waals surface area contributed by atoms with E-state index in [1.807, 2.05) is 0 Å². The van der Waals surface area contributed by atoms with E-state index in [2.05, 4.69) is 10.5 Å². The Morgan fingerprint density at radius 1 is 1.07 bits per heavy atom. The molecule has 1 N–H and O–H groups in total. The molecule has 1 amide bonds. The summed E-state index contributed by atoms with van der Waals surface area (Å²) in [4.78, 5) is 33.1. The molecule has 154 valence electrons. The first-order chi connectivity index (χ1) is 14.3. The summed E-state index contributed by atoms with van der Waals surface area (Å²) in [7, 11) is 2.65. The quantitative estimate of drug-likeness (QED) is 0.351. The van der Waals surface area contributed by atoms with E-state index in [4.69, 9.17) is 13.9 Å². The fourth-order valence-corrected chi connectivity index (χ4v) is 2.62. The molecule has 30 heavy (non-hydrogen) atoms. The average molecular weight is 414 g/mol. The number of carbonyl (C=O) groups is 1. The summed E-state index contributed by atoms with van der Waals surface area (Å²) in [6.45, 7) is 0. The molecule has 0 unspecified atom stereocenters. The van der Waals surface area contributed by atoms with E-state index in [0.717, 1.165) is 6.21 Å². The van der Waals surface area contributed by atoms with Gasteiger partial charge in [-0.3, -0.25) is 25.0 Å². The van der Waals surface area contributed by atoms with Crippen molar-refractivity contribution in [3.05, 3.63) is 68.0 Å². The molecule has 0 saturated carbocycles. The molecule has 0 aliphatic rings. The first-order valence-electron chi connectivity index (χ1n) is 8.26. The second-order valence-corrected chi connectivity index (χ2v) is 5.81. The molecule has 12 heteroatoms. The second kappa shape index (κ2) is 8.26. The minimum atomic E-state index is -0.716. The highest BCUT2D eigenvalue weighted by Crippen LogP contribution is 2.33. The van der Waals surface area contributed by atoms with Crippen molar-refractivity contribution in [2.45, 2.75) is 0 Å². The van der Waals surface area contributed by atoms with Crippen molar-refractivity contribution < 1.29 is 28.5 Å². The second-order valence-electron chi connectivity index (χ2n) is 5.81. The number of nitro groups is 2. The number of benzene rings is 2. The maximum absolute atomic E-state index is 12.2. The lowest BCUT2D eigenvalue weighted by atomic mass is 10.1. The van der Waals surface area contributed by atoms with Gasteiger partial charge in [-0.05, 0) is 12.1 Å². The molecule has 2 aromatic carbocycles. The van der Waals surface area contributed by atoms with E-state index in [1.165, 1.54) is 50.6 Å². The topological polar surface area (TPSA) is 159 Å². The van der Waals surface area contributed by atoms with E-state index < -0.39 is 15.8 Å². The Balaban J connectivity index is 1.82. The Bertz CT molecular complexity index is 1180. The van der Waals surface area contributed by atoms with Gasteiger partial charge in [0, 0.05) is 35.2 Å². The summed E-state index contributed by atoms with van der Waals surface area (Å²) < 4.78 is 15.5. The lowest BCUT2D eigenvalue weighted by molar-refractivity contribution is -0.385. The number of non-ortho nitro benzene ring substituents is 1. The van der Waals surface area contributed by atoms with Crippen molar-refractivity contribution >= 4 is 34.5 Å². The Morgan fingerprint density at radius 3 is 2.43 bits per heavy atom. The van der Waals surface area contributed by atoms with Gasteiger partial charge in [-0.1, -0.05) is 0 Å². The van der Waals surface area contributed by atoms with Gasteiger partial charge in [0.2, 0.25) is 5.75 Å². The summed E-state index contributed by atoms with van der Waals surface area (Å²) in [5.74, 6) is -0.580. The number of hydrazone groups is 1. The number of furan rings is 1. The van der Waals surface area contributed by atoms with E-state index in [1.54, 1.807) is 0 Å². The van der Waals surface area contributed by atoms with E-state index in [0.29, 0.717) is 11.0 Å². The number of rotatable bonds is 7. The van der Waals surface area contributed by atoms with Gasteiger partial charge < -0.3 is 13.9 Å². The van der Waals surface area contributed by atoms with Crippen LogP contribution in [0.25, 0.3) is 11.0 Å². The van der Waals surface area contributed by atoms with Crippen LogP contribution in [0.3, 0.4) is 0 Å². The van der Waals surface area contributed by atoms with E-state index in [9.17, 15) is 25.0 Å². The molecule has 0 spiro atoms. The molecule has 0 aliphatic carbocycles. The SMILES string of the molecule is COc1cc(OC)c([N+](=O)[O-])cc1/C=N/NC(=O)c1cc2cc([N+](=O)[O-])ccc2o1. The van der Waals surface area contributed by atoms with Gasteiger partial charge in [-0.2, -0.15) is 5.10 Å². The zero-order valence-corrected chi connectivity index (χ0v) is 15.6. The highest BCUT2D eigenvalue weighted by molar-refractivity contribution is 5.97. The molecule has 1 heterocycles. The van der Waals surface area contributed by atoms with Crippen LogP contribution in [0.15, 0.2) is 45.9 Å². The number of ether oxygens (including phenoxy) is 2. The largest absolute Gasteiger partial charge is 0.496 e. The number of amides is 1. The van der Waals surface area contributed by atoms with Crippen LogP contribution < -0.4 is 14.9 Å². The summed E-state index contributed by atoms with van der Waals surface area (Å²) in [5, 5.41) is 26.1. The lowest BCUT2D eigenvalue weighted by Gasteiger charge is -2.08. The highest BCUT2D eigenvalue weighted by Gasteiger charge is 2.19. The summed E-state index contributed by atoms with van der Waals surface area (Å²) in [6.07, 6.45) is 1.16. The monoisotopic (exact) mass is 414 g/mol. The molecule has 0 atom stereocenters. The molecule has 3 rings (SSSR count). The minimum Gasteiger partial charge on any atom is -0.496 e. The molecular weight excluding hydrogens is 400 g/mol. The Morgan fingerprint density at radius 2 is 1.80 bits per heavy atom. The molecule has 0 bridgehead atoms. The van der Waals surface area contributed by atoms with Gasteiger partial charge in [-0.15, -0.1) is 0 Å². The lowest BCUT2D eigenvalue weighted by Crippen LogP contribution is -2.16. The van der Waals surface area contributed by atoms with Crippen molar-refractivity contribution in [3.8, 4) is 11.5 Å². The van der Waals surface area contributed by atoms with Crippen LogP contribution in [0.5, 0.6) is 11.5 Å². The smallest absolute Gasteiger partial charge is 0.311 e. The number of nitro benzene ring substituents is 2. The number of fused-ring (bicyclic) bond motifs is 1. The van der Waals surface area contributed by atoms with Gasteiger partial charge in [0.25, 0.3) is 5.69 Å². The predicted molar refractivity (Wildman–Crippen MR) is 104 cm³/mol. The molecule has 0 saturated heterocycles. The first kappa shape index (κ1) is 20.3. The van der Waals surface area contributed by atoms with Crippen LogP contribution in [-0.4, -0.2) is 36.2 Å². The number of hydrogen-bond donors (Lipinski definition) is 1. The zero-order valence-electron chi connectivity index (χ0n) is 15.6. The van der Waals surface area contributed by atoms with Crippen LogP contribution in [0.4, 0.5) is 11.4 Å². The predicted octanol–water partition coefficient (Wildman–Crippen LogP) is 3.03. The molecule has 0 aliphatic heterocycles. The van der Waals surface area contributed by atoms with Crippen molar-refractivity contribution in [2.75, 3.05) is 14.2 Å². The Kier molecular flexibility index (Phi) is 5.58. The van der Waals surface area contributed by atoms with Gasteiger partial charge in [-0.25, -0.2) is 5.43 Å². The fourth-order valence-electron chi connectivity index (χ4n) is 2.62. The summed E-state index contributed by atoms with van der Waals surface area (Å²) in [5.41, 5.74) is 2.30. The van der Waals surface area contributed by atoms with Crippen LogP contribution in [0.2, 0.25) is 0 Å². The molecule has 12 nitrogen and oxygen atoms in total. The first-order valence-corrected chi connectivity index (χ1v) is 8.26. The van der Waals surface area contributed by atoms with E-state index >= 15 is 0 Å². The third-order valence-corrected chi connectivity index (χ3v) is 4.03. The summed E-state index contributed by atoms with van der Waals surface area (Å²) >= 11 is 0. The maximum Gasteiger partial charge on any atom is 0.311 e. The van der Waals surface area contributed by atoms with Gasteiger partial charge in [0.15, 0.2) is 5.76 Å². The van der Waals surface area contributed by atoms with Gasteiger partial charge in [0.1, 0.15) is 11.3 Å².